The minimum atomic E-state index is -4.03. The quantitative estimate of drug-likeness (QED) is 0.420. The topological polar surface area (TPSA) is 110 Å². The molecule has 2 aromatic carbocycles. The second-order valence-corrected chi connectivity index (χ2v) is 13.8. The van der Waals surface area contributed by atoms with E-state index in [9.17, 15) is 18.3 Å². The monoisotopic (exact) mass is 610 g/mol. The van der Waals surface area contributed by atoms with Crippen molar-refractivity contribution in [3.8, 4) is 11.5 Å². The maximum absolute atomic E-state index is 14.1. The molecule has 1 saturated carbocycles. The molecule has 42 heavy (non-hydrogen) atoms. The van der Waals surface area contributed by atoms with Gasteiger partial charge in [-0.3, -0.25) is 4.79 Å². The lowest BCUT2D eigenvalue weighted by Crippen LogP contribution is -2.78. The molecule has 1 N–H and O–H groups in total. The Morgan fingerprint density at radius 3 is 2.76 bits per heavy atom. The molecule has 9 nitrogen and oxygen atoms in total. The second-order valence-electron chi connectivity index (χ2n) is 11.5. The van der Waals surface area contributed by atoms with Gasteiger partial charge in [-0.1, -0.05) is 29.8 Å². The zero-order valence-electron chi connectivity index (χ0n) is 23.2. The number of halogens is 1. The minimum Gasteiger partial charge on any atom is -0.493 e. The van der Waals surface area contributed by atoms with Gasteiger partial charge in [0.05, 0.1) is 47.8 Å². The fourth-order valence-electron chi connectivity index (χ4n) is 7.91. The SMILES string of the molecule is COc1ccc2c3c1O[C@H]1[C@H](N(C)C(=O)/C=C/c4ccoc4)CC[C@@]4(O)[C@@H](C2)N(S(=O)(=O)c2ccccc2Cl)CC[C@]314. The number of carbonyl (C=O) groups excluding carboxylic acids is 1. The van der Waals surface area contributed by atoms with E-state index in [4.69, 9.17) is 25.5 Å². The Labute approximate surface area is 249 Å². The average Bonchev–Trinajstić information content (AvgIpc) is 3.61. The molecule has 1 aromatic heterocycles. The van der Waals surface area contributed by atoms with Gasteiger partial charge in [-0.25, -0.2) is 8.42 Å². The van der Waals surface area contributed by atoms with Gasteiger partial charge in [-0.05, 0) is 61.6 Å². The van der Waals surface area contributed by atoms with Crippen LogP contribution in [0.2, 0.25) is 5.02 Å². The standard InChI is InChI=1S/C31H31ClN2O7S/c1-33(26(35)10-7-19-12-16-40-18-19)22-11-13-31(36)25-17-20-8-9-23(39-2)28-27(20)30(31,29(22)41-28)14-15-34(25)42(37,38)24-6-4-3-5-21(24)32/h3-10,12,16,18,22,25,29,36H,11,13-15,17H2,1-2H3/b10-7+/t22-,25-,29+,30+,31-/m1/s1. The molecular formula is C31H31ClN2O7S. The summed E-state index contributed by atoms with van der Waals surface area (Å²) in [5, 5.41) is 12.9. The summed E-state index contributed by atoms with van der Waals surface area (Å²) in [5.41, 5.74) is 0.181. The summed E-state index contributed by atoms with van der Waals surface area (Å²) in [5.74, 6) is 0.916. The van der Waals surface area contributed by atoms with Gasteiger partial charge in [0.1, 0.15) is 11.0 Å². The molecule has 1 spiro atoms. The lowest BCUT2D eigenvalue weighted by Gasteiger charge is -2.64. The lowest BCUT2D eigenvalue weighted by atomic mass is 9.48. The van der Waals surface area contributed by atoms with E-state index in [0.29, 0.717) is 30.8 Å². The van der Waals surface area contributed by atoms with Crippen molar-refractivity contribution in [2.45, 2.75) is 59.8 Å². The van der Waals surface area contributed by atoms with Crippen molar-refractivity contribution in [3.63, 3.8) is 0 Å². The number of benzene rings is 2. The highest BCUT2D eigenvalue weighted by atomic mass is 35.5. The van der Waals surface area contributed by atoms with Crippen LogP contribution in [-0.4, -0.2) is 73.1 Å². The Kier molecular flexibility index (Phi) is 6.29. The number of piperidine rings is 1. The van der Waals surface area contributed by atoms with Crippen molar-refractivity contribution in [2.24, 2.45) is 0 Å². The number of sulfonamides is 1. The summed E-state index contributed by atoms with van der Waals surface area (Å²) in [6.45, 7) is 0.168. The highest BCUT2D eigenvalue weighted by Crippen LogP contribution is 2.66. The third kappa shape index (κ3) is 3.62. The normalized spacial score (nSPS) is 29.7. The first-order valence-corrected chi connectivity index (χ1v) is 15.8. The second kappa shape index (κ2) is 9.60. The molecule has 2 fully saturated rings. The zero-order valence-corrected chi connectivity index (χ0v) is 24.8. The summed E-state index contributed by atoms with van der Waals surface area (Å²) in [7, 11) is -0.708. The van der Waals surface area contributed by atoms with Crippen LogP contribution in [0.4, 0.5) is 0 Å². The van der Waals surface area contributed by atoms with Crippen molar-refractivity contribution in [1.29, 1.82) is 0 Å². The van der Waals surface area contributed by atoms with E-state index in [0.717, 1.165) is 16.7 Å². The third-order valence-electron chi connectivity index (χ3n) is 9.82. The van der Waals surface area contributed by atoms with Gasteiger partial charge in [0.15, 0.2) is 11.5 Å². The number of ether oxygens (including phenoxy) is 2. The summed E-state index contributed by atoms with van der Waals surface area (Å²) in [6.07, 6.45) is 7.03. The smallest absolute Gasteiger partial charge is 0.246 e. The number of amides is 1. The van der Waals surface area contributed by atoms with Crippen molar-refractivity contribution >= 4 is 33.6 Å². The predicted octanol–water partition coefficient (Wildman–Crippen LogP) is 4.03. The van der Waals surface area contributed by atoms with E-state index >= 15 is 0 Å². The largest absolute Gasteiger partial charge is 0.493 e. The van der Waals surface area contributed by atoms with E-state index < -0.39 is 33.2 Å². The zero-order chi connectivity index (χ0) is 29.4. The Morgan fingerprint density at radius 2 is 2.02 bits per heavy atom. The van der Waals surface area contributed by atoms with Crippen molar-refractivity contribution in [3.05, 3.63) is 82.8 Å². The van der Waals surface area contributed by atoms with Crippen LogP contribution >= 0.6 is 11.6 Å². The number of rotatable bonds is 6. The molecule has 0 unspecified atom stereocenters. The fraction of sp³-hybridized carbons (Fsp3) is 0.387. The van der Waals surface area contributed by atoms with Crippen molar-refractivity contribution in [1.82, 2.24) is 9.21 Å². The molecule has 7 rings (SSSR count). The maximum Gasteiger partial charge on any atom is 0.246 e. The first kappa shape index (κ1) is 27.5. The number of hydrogen-bond acceptors (Lipinski definition) is 7. The first-order chi connectivity index (χ1) is 20.1. The van der Waals surface area contributed by atoms with Gasteiger partial charge in [0, 0.05) is 30.8 Å². The Hall–Kier alpha value is -3.31. The summed E-state index contributed by atoms with van der Waals surface area (Å²) >= 11 is 6.37. The van der Waals surface area contributed by atoms with Gasteiger partial charge in [0.25, 0.3) is 0 Å². The van der Waals surface area contributed by atoms with Crippen molar-refractivity contribution < 1.29 is 32.2 Å². The number of furan rings is 1. The van der Waals surface area contributed by atoms with Gasteiger partial charge >= 0.3 is 0 Å². The molecule has 3 aromatic rings. The fourth-order valence-corrected chi connectivity index (χ4v) is 10.1. The van der Waals surface area contributed by atoms with Crippen LogP contribution in [0.15, 0.2) is 70.4 Å². The van der Waals surface area contributed by atoms with E-state index in [-0.39, 0.29) is 34.8 Å². The molecule has 1 saturated heterocycles. The number of aliphatic hydroxyl groups is 1. The Balaban J connectivity index is 1.32. The van der Waals surface area contributed by atoms with Crippen LogP contribution in [0.25, 0.3) is 6.08 Å². The van der Waals surface area contributed by atoms with Crippen LogP contribution in [0.3, 0.4) is 0 Å². The van der Waals surface area contributed by atoms with Gasteiger partial charge in [0.2, 0.25) is 15.9 Å². The molecule has 220 valence electrons. The molecule has 2 aliphatic heterocycles. The van der Waals surface area contributed by atoms with E-state index in [2.05, 4.69) is 0 Å². The lowest BCUT2D eigenvalue weighted by molar-refractivity contribution is -0.186. The number of hydrogen-bond donors (Lipinski definition) is 1. The number of methoxy groups -OCH3 is 1. The molecule has 5 atom stereocenters. The molecule has 0 radical (unpaired) electrons. The maximum atomic E-state index is 14.1. The molecule has 2 aliphatic carbocycles. The van der Waals surface area contributed by atoms with E-state index in [1.807, 2.05) is 12.1 Å². The number of nitrogens with zero attached hydrogens (tertiary/aromatic N) is 2. The molecule has 11 heteroatoms. The highest BCUT2D eigenvalue weighted by molar-refractivity contribution is 7.89. The number of carbonyl (C=O) groups is 1. The van der Waals surface area contributed by atoms with Gasteiger partial charge in [-0.15, -0.1) is 0 Å². The van der Waals surface area contributed by atoms with Crippen LogP contribution in [0.1, 0.15) is 36.0 Å². The van der Waals surface area contributed by atoms with Crippen LogP contribution < -0.4 is 9.47 Å². The van der Waals surface area contributed by atoms with Crippen LogP contribution in [-0.2, 0) is 26.7 Å². The highest BCUT2D eigenvalue weighted by Gasteiger charge is 2.74. The van der Waals surface area contributed by atoms with Gasteiger partial charge in [-0.2, -0.15) is 4.31 Å². The molecular weight excluding hydrogens is 580 g/mol. The Morgan fingerprint density at radius 1 is 1.21 bits per heavy atom. The first-order valence-electron chi connectivity index (χ1n) is 14.0. The van der Waals surface area contributed by atoms with E-state index in [1.54, 1.807) is 61.9 Å². The summed E-state index contributed by atoms with van der Waals surface area (Å²) in [6, 6.07) is 10.8. The third-order valence-corrected chi connectivity index (χ3v) is 12.2. The predicted molar refractivity (Wildman–Crippen MR) is 155 cm³/mol. The molecule has 4 aliphatic rings. The van der Waals surface area contributed by atoms with Crippen LogP contribution in [0.5, 0.6) is 11.5 Å². The number of likely N-dealkylation sites (N-methyl/N-ethyl adjacent to an activating group) is 1. The molecule has 3 heterocycles. The van der Waals surface area contributed by atoms with E-state index in [1.165, 1.54) is 16.4 Å². The summed E-state index contributed by atoms with van der Waals surface area (Å²) < 4.78 is 47.1. The molecule has 2 bridgehead atoms. The Bertz CT molecular complexity index is 1710. The minimum absolute atomic E-state index is 0.0232. The average molecular weight is 611 g/mol. The molecule has 1 amide bonds. The van der Waals surface area contributed by atoms with Crippen LogP contribution in [0, 0.1) is 0 Å². The van der Waals surface area contributed by atoms with Gasteiger partial charge < -0.3 is 23.9 Å². The van der Waals surface area contributed by atoms with Crippen molar-refractivity contribution in [2.75, 3.05) is 20.7 Å². The summed E-state index contributed by atoms with van der Waals surface area (Å²) in [4.78, 5) is 15.1.